The number of likely N-dealkylation sites (tertiary alicyclic amines) is 1. The summed E-state index contributed by atoms with van der Waals surface area (Å²) < 4.78 is 0.826. The van der Waals surface area contributed by atoms with Crippen LogP contribution in [0, 0.1) is 5.92 Å². The van der Waals surface area contributed by atoms with Gasteiger partial charge in [0.2, 0.25) is 11.8 Å². The van der Waals surface area contributed by atoms with Crippen molar-refractivity contribution in [3.05, 3.63) is 53.0 Å². The molecule has 0 bridgehead atoms. The molecule has 1 unspecified atom stereocenters. The van der Waals surface area contributed by atoms with Crippen LogP contribution in [0.15, 0.2) is 53.0 Å². The zero-order valence-corrected chi connectivity index (χ0v) is 19.4. The highest BCUT2D eigenvalue weighted by Gasteiger charge is 2.38. The fraction of sp³-hybridized carbons (Fsp3) is 0.375. The molecule has 4 rings (SSSR count). The summed E-state index contributed by atoms with van der Waals surface area (Å²) >= 11 is 3.47. The van der Waals surface area contributed by atoms with Gasteiger partial charge in [0.25, 0.3) is 0 Å². The average molecular weight is 499 g/mol. The first-order chi connectivity index (χ1) is 15.5. The minimum atomic E-state index is -0.718. The van der Waals surface area contributed by atoms with Gasteiger partial charge in [0.15, 0.2) is 0 Å². The third-order valence-corrected chi connectivity index (χ3v) is 6.63. The van der Waals surface area contributed by atoms with Crippen LogP contribution in [0.4, 0.5) is 21.9 Å². The van der Waals surface area contributed by atoms with Crippen LogP contribution in [0.2, 0.25) is 0 Å². The summed E-state index contributed by atoms with van der Waals surface area (Å²) in [5, 5.41) is 5.75. The van der Waals surface area contributed by atoms with Gasteiger partial charge in [-0.3, -0.25) is 9.59 Å². The molecular formula is C24H27BrN4O3. The van der Waals surface area contributed by atoms with Gasteiger partial charge in [0, 0.05) is 35.5 Å². The molecule has 32 heavy (non-hydrogen) atoms. The van der Waals surface area contributed by atoms with Crippen LogP contribution < -0.4 is 15.5 Å². The predicted octanol–water partition coefficient (Wildman–Crippen LogP) is 4.85. The lowest BCUT2D eigenvalue weighted by molar-refractivity contribution is -0.129. The molecule has 8 heteroatoms. The molecule has 168 valence electrons. The number of hydrogen-bond acceptors (Lipinski definition) is 3. The molecule has 2 saturated heterocycles. The van der Waals surface area contributed by atoms with Gasteiger partial charge in [-0.2, -0.15) is 0 Å². The van der Waals surface area contributed by atoms with Gasteiger partial charge in [0.1, 0.15) is 5.92 Å². The number of para-hydroxylation sites is 1. The Balaban J connectivity index is 1.33. The molecule has 0 aromatic heterocycles. The van der Waals surface area contributed by atoms with E-state index in [1.807, 2.05) is 29.2 Å². The minimum Gasteiger partial charge on any atom is -0.325 e. The van der Waals surface area contributed by atoms with Crippen molar-refractivity contribution >= 4 is 50.8 Å². The van der Waals surface area contributed by atoms with E-state index in [1.165, 1.54) is 12.8 Å². The highest BCUT2D eigenvalue weighted by Crippen LogP contribution is 2.32. The number of urea groups is 1. The Kier molecular flexibility index (Phi) is 7.09. The largest absolute Gasteiger partial charge is 0.325 e. The van der Waals surface area contributed by atoms with Gasteiger partial charge in [0.05, 0.1) is 5.69 Å². The molecule has 0 spiro atoms. The second-order valence-corrected chi connectivity index (χ2v) is 9.03. The number of benzene rings is 2. The summed E-state index contributed by atoms with van der Waals surface area (Å²) in [6.45, 7) is 2.07. The van der Waals surface area contributed by atoms with E-state index in [2.05, 4.69) is 26.6 Å². The molecule has 2 fully saturated rings. The highest BCUT2D eigenvalue weighted by atomic mass is 79.9. The summed E-state index contributed by atoms with van der Waals surface area (Å²) in [7, 11) is 0. The van der Waals surface area contributed by atoms with Crippen LogP contribution >= 0.6 is 15.9 Å². The molecule has 2 aliphatic heterocycles. The Morgan fingerprint density at radius 2 is 1.47 bits per heavy atom. The van der Waals surface area contributed by atoms with Crippen molar-refractivity contribution < 1.29 is 14.4 Å². The second-order valence-electron chi connectivity index (χ2n) is 8.18. The van der Waals surface area contributed by atoms with E-state index < -0.39 is 5.92 Å². The van der Waals surface area contributed by atoms with E-state index >= 15 is 0 Å². The van der Waals surface area contributed by atoms with Gasteiger partial charge < -0.3 is 20.4 Å². The Bertz CT molecular complexity index is 987. The Labute approximate surface area is 196 Å². The number of hydrogen-bond donors (Lipinski definition) is 2. The van der Waals surface area contributed by atoms with Gasteiger partial charge in [-0.05, 0) is 71.6 Å². The summed E-state index contributed by atoms with van der Waals surface area (Å²) in [5.41, 5.74) is 2.04. The van der Waals surface area contributed by atoms with Crippen LogP contribution in [0.5, 0.6) is 0 Å². The lowest BCUT2D eigenvalue weighted by Gasteiger charge is -2.21. The van der Waals surface area contributed by atoms with Crippen molar-refractivity contribution in [2.45, 2.75) is 32.1 Å². The van der Waals surface area contributed by atoms with E-state index in [4.69, 9.17) is 0 Å². The molecular weight excluding hydrogens is 472 g/mol. The lowest BCUT2D eigenvalue weighted by atomic mass is 10.1. The van der Waals surface area contributed by atoms with Crippen molar-refractivity contribution in [2.75, 3.05) is 35.2 Å². The monoisotopic (exact) mass is 498 g/mol. The number of carbonyl (C=O) groups excluding carboxylic acids is 3. The van der Waals surface area contributed by atoms with Crippen molar-refractivity contribution in [1.82, 2.24) is 4.90 Å². The van der Waals surface area contributed by atoms with Crippen LogP contribution in [0.25, 0.3) is 0 Å². The Hall–Kier alpha value is -2.87. The third kappa shape index (κ3) is 5.12. The number of anilines is 3. The zero-order chi connectivity index (χ0) is 22.5. The highest BCUT2D eigenvalue weighted by molar-refractivity contribution is 9.10. The van der Waals surface area contributed by atoms with E-state index in [0.29, 0.717) is 24.3 Å². The average Bonchev–Trinajstić information content (AvgIpc) is 2.99. The first kappa shape index (κ1) is 22.3. The molecule has 1 atom stereocenters. The lowest BCUT2D eigenvalue weighted by Crippen LogP contribution is -2.35. The Morgan fingerprint density at radius 1 is 0.844 bits per heavy atom. The van der Waals surface area contributed by atoms with Crippen molar-refractivity contribution in [1.29, 1.82) is 0 Å². The topological polar surface area (TPSA) is 81.8 Å². The number of halogens is 1. The molecule has 4 amide bonds. The van der Waals surface area contributed by atoms with Gasteiger partial charge in [-0.15, -0.1) is 0 Å². The summed E-state index contributed by atoms with van der Waals surface area (Å²) in [5.74, 6) is -1.23. The quantitative estimate of drug-likeness (QED) is 0.591. The number of nitrogens with zero attached hydrogens (tertiary/aromatic N) is 2. The van der Waals surface area contributed by atoms with Crippen LogP contribution in [0.3, 0.4) is 0 Å². The minimum absolute atomic E-state index is 0.0904. The van der Waals surface area contributed by atoms with E-state index in [-0.39, 0.29) is 17.8 Å². The fourth-order valence-corrected chi connectivity index (χ4v) is 4.67. The van der Waals surface area contributed by atoms with Crippen LogP contribution in [-0.2, 0) is 9.59 Å². The standard InChI is InChI=1S/C24H27BrN4O3/c25-20-7-3-4-8-21(20)29-16-13-19(23(29)31)22(30)26-17-9-11-18(12-10-17)27-24(32)28-14-5-1-2-6-15-28/h3-4,7-12,19H,1-2,5-6,13-16H2,(H,26,30)(H,27,32). The zero-order valence-electron chi connectivity index (χ0n) is 17.9. The van der Waals surface area contributed by atoms with E-state index in [0.717, 1.165) is 36.1 Å². The molecule has 0 aliphatic carbocycles. The molecule has 2 heterocycles. The summed E-state index contributed by atoms with van der Waals surface area (Å²) in [6.07, 6.45) is 4.88. The van der Waals surface area contributed by atoms with Crippen LogP contribution in [-0.4, -0.2) is 42.4 Å². The molecule has 2 aliphatic rings. The first-order valence-electron chi connectivity index (χ1n) is 11.1. The molecule has 0 saturated carbocycles. The van der Waals surface area contributed by atoms with E-state index in [1.54, 1.807) is 29.2 Å². The Morgan fingerprint density at radius 3 is 2.12 bits per heavy atom. The maximum atomic E-state index is 12.8. The van der Waals surface area contributed by atoms with Gasteiger partial charge in [-0.1, -0.05) is 25.0 Å². The summed E-state index contributed by atoms with van der Waals surface area (Å²) in [6, 6.07) is 14.4. The number of amides is 4. The maximum absolute atomic E-state index is 12.8. The van der Waals surface area contributed by atoms with Crippen LogP contribution in [0.1, 0.15) is 32.1 Å². The number of carbonyl (C=O) groups is 3. The molecule has 2 N–H and O–H groups in total. The second kappa shape index (κ2) is 10.2. The molecule has 2 aromatic carbocycles. The molecule has 2 aromatic rings. The summed E-state index contributed by atoms with van der Waals surface area (Å²) in [4.78, 5) is 41.5. The van der Waals surface area contributed by atoms with Crippen molar-refractivity contribution in [3.63, 3.8) is 0 Å². The van der Waals surface area contributed by atoms with E-state index in [9.17, 15) is 14.4 Å². The van der Waals surface area contributed by atoms with Crippen molar-refractivity contribution in [2.24, 2.45) is 5.92 Å². The first-order valence-corrected chi connectivity index (χ1v) is 11.8. The number of rotatable bonds is 4. The maximum Gasteiger partial charge on any atom is 0.321 e. The molecule has 7 nitrogen and oxygen atoms in total. The molecule has 0 radical (unpaired) electrons. The normalized spacial score (nSPS) is 18.9. The van der Waals surface area contributed by atoms with Gasteiger partial charge in [-0.25, -0.2) is 4.79 Å². The smallest absolute Gasteiger partial charge is 0.321 e. The van der Waals surface area contributed by atoms with Crippen molar-refractivity contribution in [3.8, 4) is 0 Å². The number of nitrogens with one attached hydrogen (secondary N) is 2. The predicted molar refractivity (Wildman–Crippen MR) is 129 cm³/mol. The fourth-order valence-electron chi connectivity index (χ4n) is 4.18. The SMILES string of the molecule is O=C(Nc1ccc(NC(=O)N2CCCCCC2)cc1)C1CCN(c2ccccc2Br)C1=O. The third-order valence-electron chi connectivity index (χ3n) is 5.96. The van der Waals surface area contributed by atoms with Gasteiger partial charge >= 0.3 is 6.03 Å².